The summed E-state index contributed by atoms with van der Waals surface area (Å²) in [6.07, 6.45) is 0.785. The van der Waals surface area contributed by atoms with E-state index in [0.29, 0.717) is 37.8 Å². The summed E-state index contributed by atoms with van der Waals surface area (Å²) in [6, 6.07) is 11.9. The Morgan fingerprint density at radius 1 is 1.13 bits per heavy atom. The van der Waals surface area contributed by atoms with Crippen LogP contribution in [0.1, 0.15) is 12.5 Å². The van der Waals surface area contributed by atoms with Crippen LogP contribution in [0.4, 0.5) is 5.69 Å². The molecule has 1 N–H and O–H groups in total. The van der Waals surface area contributed by atoms with Gasteiger partial charge >= 0.3 is 0 Å². The van der Waals surface area contributed by atoms with Crippen molar-refractivity contribution in [2.45, 2.75) is 18.2 Å². The number of aryl methyl sites for hydroxylation is 1. The Morgan fingerprint density at radius 3 is 2.57 bits per heavy atom. The van der Waals surface area contributed by atoms with E-state index < -0.39 is 15.9 Å². The Balaban J connectivity index is 1.74. The molecule has 9 heteroatoms. The quantitative estimate of drug-likeness (QED) is 0.685. The summed E-state index contributed by atoms with van der Waals surface area (Å²) >= 11 is 0. The molecule has 0 aliphatic carbocycles. The average molecular weight is 435 g/mol. The summed E-state index contributed by atoms with van der Waals surface area (Å²) in [5.74, 6) is 0.587. The Hall–Kier alpha value is -2.62. The number of ether oxygens (including phenoxy) is 3. The topological polar surface area (TPSA) is 94.2 Å². The monoisotopic (exact) mass is 434 g/mol. The van der Waals surface area contributed by atoms with E-state index in [1.54, 1.807) is 0 Å². The van der Waals surface area contributed by atoms with Crippen molar-refractivity contribution in [1.29, 1.82) is 0 Å². The second-order valence-corrected chi connectivity index (χ2v) is 8.61. The zero-order chi connectivity index (χ0) is 21.6. The van der Waals surface area contributed by atoms with Crippen LogP contribution in [0.25, 0.3) is 0 Å². The van der Waals surface area contributed by atoms with Crippen LogP contribution < -0.4 is 14.8 Å². The van der Waals surface area contributed by atoms with E-state index in [1.807, 2.05) is 31.2 Å². The van der Waals surface area contributed by atoms with Crippen LogP contribution in [-0.4, -0.2) is 58.7 Å². The first-order valence-corrected chi connectivity index (χ1v) is 11.2. The average Bonchev–Trinajstić information content (AvgIpc) is 2.78. The molecule has 0 spiro atoms. The van der Waals surface area contributed by atoms with Gasteiger partial charge in [0.05, 0.1) is 30.9 Å². The Labute approximate surface area is 176 Å². The number of methoxy groups -OCH3 is 1. The normalized spacial score (nSPS) is 14.9. The molecule has 2 aromatic carbocycles. The molecule has 8 nitrogen and oxygen atoms in total. The number of morpholine rings is 1. The molecule has 30 heavy (non-hydrogen) atoms. The third kappa shape index (κ3) is 5.10. The van der Waals surface area contributed by atoms with Crippen LogP contribution in [0.5, 0.6) is 11.5 Å². The van der Waals surface area contributed by atoms with Gasteiger partial charge in [-0.15, -0.1) is 0 Å². The fraction of sp³-hybridized carbons (Fsp3) is 0.381. The molecule has 1 heterocycles. The van der Waals surface area contributed by atoms with Gasteiger partial charge < -0.3 is 19.5 Å². The molecule has 162 valence electrons. The molecule has 0 saturated carbocycles. The van der Waals surface area contributed by atoms with Gasteiger partial charge in [0.15, 0.2) is 6.61 Å². The fourth-order valence-corrected chi connectivity index (χ4v) is 4.58. The number of amides is 1. The minimum atomic E-state index is -3.69. The SMILES string of the molecule is CCc1ccccc1OCC(=O)Nc1cc(S(=O)(=O)N2CCOCC2)ccc1OC. The van der Waals surface area contributed by atoms with Gasteiger partial charge in [0.1, 0.15) is 11.5 Å². The maximum absolute atomic E-state index is 12.9. The van der Waals surface area contributed by atoms with Crippen LogP contribution in [-0.2, 0) is 26.0 Å². The molecule has 1 amide bonds. The number of anilines is 1. The van der Waals surface area contributed by atoms with Crippen LogP contribution in [0.15, 0.2) is 47.4 Å². The van der Waals surface area contributed by atoms with Crippen molar-refractivity contribution in [2.75, 3.05) is 45.3 Å². The molecule has 1 fully saturated rings. The number of sulfonamides is 1. The molecular weight excluding hydrogens is 408 g/mol. The molecule has 0 radical (unpaired) electrons. The second kappa shape index (κ2) is 9.92. The van der Waals surface area contributed by atoms with E-state index in [1.165, 1.54) is 29.6 Å². The predicted molar refractivity (Wildman–Crippen MR) is 113 cm³/mol. The smallest absolute Gasteiger partial charge is 0.262 e. The Bertz CT molecular complexity index is 987. The number of para-hydroxylation sites is 1. The molecule has 1 aliphatic rings. The summed E-state index contributed by atoms with van der Waals surface area (Å²) in [7, 11) is -2.24. The highest BCUT2D eigenvalue weighted by atomic mass is 32.2. The third-order valence-electron chi connectivity index (χ3n) is 4.77. The van der Waals surface area contributed by atoms with Crippen molar-refractivity contribution in [3.63, 3.8) is 0 Å². The van der Waals surface area contributed by atoms with E-state index in [-0.39, 0.29) is 17.2 Å². The van der Waals surface area contributed by atoms with Crippen LogP contribution in [0, 0.1) is 0 Å². The molecule has 0 atom stereocenters. The highest BCUT2D eigenvalue weighted by molar-refractivity contribution is 7.89. The maximum Gasteiger partial charge on any atom is 0.262 e. The van der Waals surface area contributed by atoms with Gasteiger partial charge in [0.2, 0.25) is 10.0 Å². The lowest BCUT2D eigenvalue weighted by molar-refractivity contribution is -0.118. The summed E-state index contributed by atoms with van der Waals surface area (Å²) in [4.78, 5) is 12.5. The standard InChI is InChI=1S/C21H26N2O6S/c1-3-16-6-4-5-7-19(16)29-15-21(24)22-18-14-17(8-9-20(18)27-2)30(25,26)23-10-12-28-13-11-23/h4-9,14H,3,10-13,15H2,1-2H3,(H,22,24). The molecule has 0 bridgehead atoms. The number of nitrogens with one attached hydrogen (secondary N) is 1. The van der Waals surface area contributed by atoms with Crippen molar-refractivity contribution >= 4 is 21.6 Å². The highest BCUT2D eigenvalue weighted by Crippen LogP contribution is 2.29. The summed E-state index contributed by atoms with van der Waals surface area (Å²) in [5, 5.41) is 2.69. The van der Waals surface area contributed by atoms with E-state index in [0.717, 1.165) is 12.0 Å². The van der Waals surface area contributed by atoms with Crippen LogP contribution in [0.2, 0.25) is 0 Å². The molecule has 0 unspecified atom stereocenters. The minimum absolute atomic E-state index is 0.0812. The number of carbonyl (C=O) groups is 1. The lowest BCUT2D eigenvalue weighted by Gasteiger charge is -2.26. The van der Waals surface area contributed by atoms with Crippen molar-refractivity contribution in [3.05, 3.63) is 48.0 Å². The molecular formula is C21H26N2O6S. The van der Waals surface area contributed by atoms with Gasteiger partial charge in [-0.3, -0.25) is 4.79 Å². The zero-order valence-corrected chi connectivity index (χ0v) is 17.9. The van der Waals surface area contributed by atoms with Gasteiger partial charge in [0, 0.05) is 13.1 Å². The number of hydrogen-bond acceptors (Lipinski definition) is 6. The van der Waals surface area contributed by atoms with Crippen molar-refractivity contribution in [1.82, 2.24) is 4.31 Å². The number of carbonyl (C=O) groups excluding carboxylic acids is 1. The highest BCUT2D eigenvalue weighted by Gasteiger charge is 2.27. The van der Waals surface area contributed by atoms with Crippen molar-refractivity contribution in [2.24, 2.45) is 0 Å². The van der Waals surface area contributed by atoms with Crippen LogP contribution in [0.3, 0.4) is 0 Å². The van der Waals surface area contributed by atoms with Crippen LogP contribution >= 0.6 is 0 Å². The first kappa shape index (κ1) is 22.1. The van der Waals surface area contributed by atoms with E-state index in [4.69, 9.17) is 14.2 Å². The van der Waals surface area contributed by atoms with Crippen molar-refractivity contribution in [3.8, 4) is 11.5 Å². The first-order chi connectivity index (χ1) is 14.5. The fourth-order valence-electron chi connectivity index (χ4n) is 3.15. The molecule has 0 aromatic heterocycles. The van der Waals surface area contributed by atoms with E-state index >= 15 is 0 Å². The molecule has 1 saturated heterocycles. The summed E-state index contributed by atoms with van der Waals surface area (Å²) in [5.41, 5.74) is 1.27. The van der Waals surface area contributed by atoms with E-state index in [9.17, 15) is 13.2 Å². The van der Waals surface area contributed by atoms with Gasteiger partial charge in [0.25, 0.3) is 5.91 Å². The Kier molecular flexibility index (Phi) is 7.30. The van der Waals surface area contributed by atoms with Gasteiger partial charge in [-0.2, -0.15) is 4.31 Å². The number of benzene rings is 2. The lowest BCUT2D eigenvalue weighted by Crippen LogP contribution is -2.40. The molecule has 3 rings (SSSR count). The zero-order valence-electron chi connectivity index (χ0n) is 17.1. The van der Waals surface area contributed by atoms with Crippen molar-refractivity contribution < 1.29 is 27.4 Å². The van der Waals surface area contributed by atoms with Gasteiger partial charge in [-0.25, -0.2) is 8.42 Å². The molecule has 2 aromatic rings. The Morgan fingerprint density at radius 2 is 1.87 bits per heavy atom. The summed E-state index contributed by atoms with van der Waals surface area (Å²) < 4.78 is 43.3. The predicted octanol–water partition coefficient (Wildman–Crippen LogP) is 2.30. The first-order valence-electron chi connectivity index (χ1n) is 9.72. The van der Waals surface area contributed by atoms with Gasteiger partial charge in [-0.1, -0.05) is 25.1 Å². The number of rotatable bonds is 8. The number of nitrogens with zero attached hydrogens (tertiary/aromatic N) is 1. The van der Waals surface area contributed by atoms with Gasteiger partial charge in [-0.05, 0) is 36.2 Å². The second-order valence-electron chi connectivity index (χ2n) is 6.68. The maximum atomic E-state index is 12.9. The largest absolute Gasteiger partial charge is 0.495 e. The number of hydrogen-bond donors (Lipinski definition) is 1. The van der Waals surface area contributed by atoms with E-state index in [2.05, 4.69) is 5.32 Å². The third-order valence-corrected chi connectivity index (χ3v) is 6.66. The minimum Gasteiger partial charge on any atom is -0.495 e. The molecule has 1 aliphatic heterocycles. The summed E-state index contributed by atoms with van der Waals surface area (Å²) in [6.45, 7) is 3.10. The lowest BCUT2D eigenvalue weighted by atomic mass is 10.1.